The maximum Gasteiger partial charge on any atom is 0.0499 e. The number of hydrogen-bond donors (Lipinski definition) is 1. The summed E-state index contributed by atoms with van der Waals surface area (Å²) in [6.45, 7) is 6.23. The van der Waals surface area contributed by atoms with Gasteiger partial charge in [-0.1, -0.05) is 48.0 Å². The Hall–Kier alpha value is -1.51. The summed E-state index contributed by atoms with van der Waals surface area (Å²) in [6, 6.07) is 17.8. The van der Waals surface area contributed by atoms with E-state index in [1.165, 1.54) is 11.3 Å². The highest BCUT2D eigenvalue weighted by Gasteiger charge is 2.26. The van der Waals surface area contributed by atoms with Gasteiger partial charge in [-0.25, -0.2) is 0 Å². The van der Waals surface area contributed by atoms with Crippen LogP contribution in [-0.2, 0) is 0 Å². The first-order valence-electron chi connectivity index (χ1n) is 7.46. The largest absolute Gasteiger partial charge is 0.366 e. The lowest BCUT2D eigenvalue weighted by Crippen LogP contribution is -2.51. The average Bonchev–Trinajstić information content (AvgIpc) is 2.51. The van der Waals surface area contributed by atoms with Gasteiger partial charge in [0.05, 0.1) is 0 Å². The van der Waals surface area contributed by atoms with Crippen molar-refractivity contribution in [3.8, 4) is 0 Å². The molecule has 0 radical (unpaired) electrons. The van der Waals surface area contributed by atoms with E-state index in [-0.39, 0.29) is 0 Å². The molecule has 2 atom stereocenters. The Balaban J connectivity index is 1.85. The zero-order chi connectivity index (χ0) is 14.8. The van der Waals surface area contributed by atoms with Crippen molar-refractivity contribution in [2.45, 2.75) is 25.9 Å². The highest BCUT2D eigenvalue weighted by Crippen LogP contribution is 2.28. The van der Waals surface area contributed by atoms with Crippen molar-refractivity contribution in [1.82, 2.24) is 5.32 Å². The van der Waals surface area contributed by atoms with Crippen molar-refractivity contribution < 1.29 is 0 Å². The number of nitrogens with zero attached hydrogens (tertiary/aromatic N) is 1. The van der Waals surface area contributed by atoms with Crippen LogP contribution < -0.4 is 10.2 Å². The summed E-state index contributed by atoms with van der Waals surface area (Å²) in [5.74, 6) is 0. The third-order valence-corrected chi connectivity index (χ3v) is 4.67. The van der Waals surface area contributed by atoms with Crippen molar-refractivity contribution >= 4 is 17.3 Å². The summed E-state index contributed by atoms with van der Waals surface area (Å²) < 4.78 is 0. The van der Waals surface area contributed by atoms with Gasteiger partial charge < -0.3 is 10.2 Å². The van der Waals surface area contributed by atoms with Gasteiger partial charge in [0.15, 0.2) is 0 Å². The fourth-order valence-electron chi connectivity index (χ4n) is 2.89. The molecule has 110 valence electrons. The average molecular weight is 301 g/mol. The second-order valence-corrected chi connectivity index (χ2v) is 6.21. The summed E-state index contributed by atoms with van der Waals surface area (Å²) >= 11 is 6.29. The lowest BCUT2D eigenvalue weighted by Gasteiger charge is -2.40. The zero-order valence-electron chi connectivity index (χ0n) is 12.5. The number of piperazine rings is 1. The van der Waals surface area contributed by atoms with Gasteiger partial charge in [0.25, 0.3) is 0 Å². The van der Waals surface area contributed by atoms with E-state index < -0.39 is 0 Å². The number of halogens is 1. The molecule has 1 aliphatic rings. The summed E-state index contributed by atoms with van der Waals surface area (Å²) in [5, 5.41) is 4.48. The van der Waals surface area contributed by atoms with Gasteiger partial charge in [0, 0.05) is 35.9 Å². The highest BCUT2D eigenvalue weighted by molar-refractivity contribution is 6.31. The molecular weight excluding hydrogens is 280 g/mol. The van der Waals surface area contributed by atoms with Crippen LogP contribution in [0.3, 0.4) is 0 Å². The molecule has 21 heavy (non-hydrogen) atoms. The molecule has 1 N–H and O–H groups in total. The molecule has 2 aromatic rings. The molecule has 1 aliphatic heterocycles. The summed E-state index contributed by atoms with van der Waals surface area (Å²) in [4.78, 5) is 2.44. The Bertz CT molecular complexity index is 612. The highest BCUT2D eigenvalue weighted by atomic mass is 35.5. The normalized spacial score (nSPS) is 22.3. The zero-order valence-corrected chi connectivity index (χ0v) is 13.3. The molecule has 0 aliphatic carbocycles. The maximum atomic E-state index is 6.29. The second kappa shape index (κ2) is 6.08. The van der Waals surface area contributed by atoms with Crippen LogP contribution in [0.2, 0.25) is 5.02 Å². The number of hydrogen-bond acceptors (Lipinski definition) is 2. The van der Waals surface area contributed by atoms with Gasteiger partial charge in [-0.2, -0.15) is 0 Å². The molecular formula is C18H21ClN2. The Labute approximate surface area is 131 Å². The number of anilines is 1. The summed E-state index contributed by atoms with van der Waals surface area (Å²) in [7, 11) is 0. The number of benzene rings is 2. The van der Waals surface area contributed by atoms with E-state index in [1.54, 1.807) is 0 Å². The van der Waals surface area contributed by atoms with Crippen molar-refractivity contribution in [3.05, 3.63) is 64.7 Å². The molecule has 3 heteroatoms. The third-order valence-electron chi connectivity index (χ3n) is 4.26. The molecule has 1 saturated heterocycles. The van der Waals surface area contributed by atoms with E-state index in [9.17, 15) is 0 Å². The van der Waals surface area contributed by atoms with Gasteiger partial charge in [0.2, 0.25) is 0 Å². The summed E-state index contributed by atoms with van der Waals surface area (Å²) in [5.41, 5.74) is 3.68. The fraction of sp³-hybridized carbons (Fsp3) is 0.333. The number of rotatable bonds is 2. The first kappa shape index (κ1) is 14.4. The Morgan fingerprint density at radius 3 is 2.62 bits per heavy atom. The molecule has 0 spiro atoms. The van der Waals surface area contributed by atoms with Gasteiger partial charge in [-0.15, -0.1) is 0 Å². The van der Waals surface area contributed by atoms with Crippen LogP contribution in [0, 0.1) is 6.92 Å². The van der Waals surface area contributed by atoms with Crippen LogP contribution in [0.25, 0.3) is 0 Å². The van der Waals surface area contributed by atoms with E-state index in [0.29, 0.717) is 12.1 Å². The number of nitrogens with one attached hydrogen (secondary N) is 1. The van der Waals surface area contributed by atoms with E-state index in [2.05, 4.69) is 65.7 Å². The predicted octanol–water partition coefficient (Wildman–Crippen LogP) is 4.19. The predicted molar refractivity (Wildman–Crippen MR) is 90.2 cm³/mol. The minimum atomic E-state index is 0.363. The summed E-state index contributed by atoms with van der Waals surface area (Å²) in [6.07, 6.45) is 0. The molecule has 1 heterocycles. The van der Waals surface area contributed by atoms with Crippen LogP contribution in [0.5, 0.6) is 0 Å². The molecule has 3 rings (SSSR count). The first-order chi connectivity index (χ1) is 10.1. The minimum absolute atomic E-state index is 0.363. The monoisotopic (exact) mass is 300 g/mol. The van der Waals surface area contributed by atoms with E-state index >= 15 is 0 Å². The third kappa shape index (κ3) is 3.07. The topological polar surface area (TPSA) is 15.3 Å². The number of aryl methyl sites for hydroxylation is 1. The molecule has 2 nitrogen and oxygen atoms in total. The molecule has 0 saturated carbocycles. The second-order valence-electron chi connectivity index (χ2n) is 5.81. The van der Waals surface area contributed by atoms with Crippen molar-refractivity contribution in [2.75, 3.05) is 18.0 Å². The van der Waals surface area contributed by atoms with Crippen LogP contribution in [0.1, 0.15) is 24.1 Å². The van der Waals surface area contributed by atoms with Crippen LogP contribution >= 0.6 is 11.6 Å². The lowest BCUT2D eigenvalue weighted by atomic mass is 10.0. The molecule has 0 bridgehead atoms. The molecule has 2 unspecified atom stereocenters. The Morgan fingerprint density at radius 2 is 1.90 bits per heavy atom. The standard InChI is InChI=1S/C18H21ClN2/c1-13-8-9-16(10-17(13)19)21-12-18(20-11-14(21)2)15-6-4-3-5-7-15/h3-10,14,18,20H,11-12H2,1-2H3. The molecule has 0 amide bonds. The van der Waals surface area contributed by atoms with E-state index in [4.69, 9.17) is 11.6 Å². The van der Waals surface area contributed by atoms with Crippen molar-refractivity contribution in [2.24, 2.45) is 0 Å². The van der Waals surface area contributed by atoms with Crippen LogP contribution in [0.15, 0.2) is 48.5 Å². The van der Waals surface area contributed by atoms with Crippen LogP contribution in [0.4, 0.5) is 5.69 Å². The molecule has 1 fully saturated rings. The Kier molecular flexibility index (Phi) is 4.18. The van der Waals surface area contributed by atoms with Crippen LogP contribution in [-0.4, -0.2) is 19.1 Å². The van der Waals surface area contributed by atoms with Crippen molar-refractivity contribution in [3.63, 3.8) is 0 Å². The Morgan fingerprint density at radius 1 is 1.14 bits per heavy atom. The van der Waals surface area contributed by atoms with Crippen molar-refractivity contribution in [1.29, 1.82) is 0 Å². The quantitative estimate of drug-likeness (QED) is 0.895. The smallest absolute Gasteiger partial charge is 0.0499 e. The van der Waals surface area contributed by atoms with Gasteiger partial charge in [-0.05, 0) is 37.1 Å². The van der Waals surface area contributed by atoms with Gasteiger partial charge >= 0.3 is 0 Å². The SMILES string of the molecule is Cc1ccc(N2CC(c3ccccc3)NCC2C)cc1Cl. The van der Waals surface area contributed by atoms with Gasteiger partial charge in [-0.3, -0.25) is 0 Å². The van der Waals surface area contributed by atoms with E-state index in [0.717, 1.165) is 23.7 Å². The maximum absolute atomic E-state index is 6.29. The lowest BCUT2D eigenvalue weighted by molar-refractivity contribution is 0.414. The molecule has 2 aromatic carbocycles. The molecule has 0 aromatic heterocycles. The first-order valence-corrected chi connectivity index (χ1v) is 7.84. The van der Waals surface area contributed by atoms with Gasteiger partial charge in [0.1, 0.15) is 0 Å². The minimum Gasteiger partial charge on any atom is -0.366 e. The van der Waals surface area contributed by atoms with E-state index in [1.807, 2.05) is 6.92 Å². The fourth-order valence-corrected chi connectivity index (χ4v) is 3.07.